The summed E-state index contributed by atoms with van der Waals surface area (Å²) in [6.45, 7) is 5.36. The summed E-state index contributed by atoms with van der Waals surface area (Å²) in [5.41, 5.74) is 1.26. The van der Waals surface area contributed by atoms with E-state index in [1.807, 2.05) is 18.2 Å². The second-order valence-electron chi connectivity index (χ2n) is 6.25. The van der Waals surface area contributed by atoms with Crippen molar-refractivity contribution >= 4 is 27.6 Å². The molecule has 0 amide bonds. The summed E-state index contributed by atoms with van der Waals surface area (Å²) < 4.78 is 0.667. The average Bonchev–Trinajstić information content (AvgIpc) is 2.92. The summed E-state index contributed by atoms with van der Waals surface area (Å²) in [5.74, 6) is -0.237. The summed E-state index contributed by atoms with van der Waals surface area (Å²) >= 11 is 3.40. The molecule has 1 aromatic carbocycles. The summed E-state index contributed by atoms with van der Waals surface area (Å²) in [5, 5.41) is 9.56. The molecule has 0 unspecified atom stereocenters. The number of anilines is 1. The molecule has 0 aliphatic heterocycles. The van der Waals surface area contributed by atoms with Gasteiger partial charge in [0.1, 0.15) is 0 Å². The maximum absolute atomic E-state index is 11.6. The quantitative estimate of drug-likeness (QED) is 0.786. The van der Waals surface area contributed by atoms with Gasteiger partial charge in [-0.05, 0) is 53.2 Å². The fourth-order valence-electron chi connectivity index (χ4n) is 3.08. The predicted octanol–water partition coefficient (Wildman–Crippen LogP) is 4.94. The van der Waals surface area contributed by atoms with Crippen LogP contribution in [0.4, 0.5) is 5.69 Å². The van der Waals surface area contributed by atoms with Crippen molar-refractivity contribution < 1.29 is 9.90 Å². The molecule has 0 bridgehead atoms. The molecule has 0 spiro atoms. The van der Waals surface area contributed by atoms with Crippen LogP contribution in [0.3, 0.4) is 0 Å². The smallest absolute Gasteiger partial charge is 0.338 e. The van der Waals surface area contributed by atoms with Crippen LogP contribution in [-0.2, 0) is 0 Å². The third kappa shape index (κ3) is 4.00. The third-order valence-corrected chi connectivity index (χ3v) is 4.89. The summed E-state index contributed by atoms with van der Waals surface area (Å²) in [6.07, 6.45) is 5.92. The van der Waals surface area contributed by atoms with Crippen molar-refractivity contribution in [3.05, 3.63) is 28.2 Å². The Morgan fingerprint density at radius 3 is 2.62 bits per heavy atom. The first-order chi connectivity index (χ1) is 10.0. The van der Waals surface area contributed by atoms with Crippen molar-refractivity contribution in [3.8, 4) is 0 Å². The van der Waals surface area contributed by atoms with E-state index < -0.39 is 5.97 Å². The Labute approximate surface area is 135 Å². The number of hydrogen-bond donors (Lipinski definition) is 1. The molecule has 3 nitrogen and oxygen atoms in total. The maximum atomic E-state index is 11.6. The average molecular weight is 354 g/mol. The molecular weight excluding hydrogens is 330 g/mol. The zero-order valence-electron chi connectivity index (χ0n) is 12.8. The van der Waals surface area contributed by atoms with Gasteiger partial charge >= 0.3 is 5.97 Å². The van der Waals surface area contributed by atoms with Crippen molar-refractivity contribution in [1.82, 2.24) is 0 Å². The van der Waals surface area contributed by atoms with Crippen LogP contribution >= 0.6 is 15.9 Å². The van der Waals surface area contributed by atoms with E-state index in [1.54, 1.807) is 0 Å². The van der Waals surface area contributed by atoms with Gasteiger partial charge in [-0.15, -0.1) is 0 Å². The molecule has 1 saturated carbocycles. The molecular formula is C17H24BrNO2. The molecule has 1 fully saturated rings. The Morgan fingerprint density at radius 1 is 1.38 bits per heavy atom. The zero-order valence-corrected chi connectivity index (χ0v) is 14.4. The van der Waals surface area contributed by atoms with Gasteiger partial charge in [-0.2, -0.15) is 0 Å². The van der Waals surface area contributed by atoms with Crippen molar-refractivity contribution in [2.75, 3.05) is 11.4 Å². The lowest BCUT2D eigenvalue weighted by molar-refractivity contribution is 0.0696. The van der Waals surface area contributed by atoms with E-state index in [1.165, 1.54) is 25.7 Å². The van der Waals surface area contributed by atoms with Gasteiger partial charge in [0.25, 0.3) is 0 Å². The van der Waals surface area contributed by atoms with Crippen molar-refractivity contribution in [3.63, 3.8) is 0 Å². The molecule has 1 aromatic rings. The lowest BCUT2D eigenvalue weighted by Gasteiger charge is -2.33. The minimum atomic E-state index is -0.856. The summed E-state index contributed by atoms with van der Waals surface area (Å²) in [7, 11) is 0. The number of carboxylic acids is 1. The lowest BCUT2D eigenvalue weighted by atomic mass is 10.1. The molecule has 1 aliphatic carbocycles. The van der Waals surface area contributed by atoms with E-state index in [9.17, 15) is 9.90 Å². The van der Waals surface area contributed by atoms with Crippen molar-refractivity contribution in [2.24, 2.45) is 5.92 Å². The van der Waals surface area contributed by atoms with Crippen LogP contribution in [0.15, 0.2) is 22.7 Å². The van der Waals surface area contributed by atoms with Crippen LogP contribution in [0.5, 0.6) is 0 Å². The molecule has 0 heterocycles. The van der Waals surface area contributed by atoms with E-state index in [2.05, 4.69) is 34.7 Å². The molecule has 1 aliphatic rings. The van der Waals surface area contributed by atoms with Crippen LogP contribution in [0.25, 0.3) is 0 Å². The van der Waals surface area contributed by atoms with Gasteiger partial charge in [0.2, 0.25) is 0 Å². The van der Waals surface area contributed by atoms with Gasteiger partial charge in [0.15, 0.2) is 0 Å². The molecule has 0 radical (unpaired) electrons. The lowest BCUT2D eigenvalue weighted by Crippen LogP contribution is -2.36. The van der Waals surface area contributed by atoms with Crippen LogP contribution in [0.1, 0.15) is 56.3 Å². The molecule has 0 atom stereocenters. The van der Waals surface area contributed by atoms with Gasteiger partial charge in [0.05, 0.1) is 11.3 Å². The van der Waals surface area contributed by atoms with E-state index in [0.29, 0.717) is 22.0 Å². The Bertz CT molecular complexity index is 496. The second kappa shape index (κ2) is 7.30. The minimum absolute atomic E-state index is 0.396. The van der Waals surface area contributed by atoms with E-state index in [4.69, 9.17) is 0 Å². The highest BCUT2D eigenvalue weighted by atomic mass is 79.9. The molecule has 1 N–H and O–H groups in total. The Balaban J connectivity index is 2.35. The van der Waals surface area contributed by atoms with E-state index in [-0.39, 0.29) is 0 Å². The number of benzene rings is 1. The molecule has 4 heteroatoms. The Hall–Kier alpha value is -1.03. The van der Waals surface area contributed by atoms with Gasteiger partial charge in [-0.3, -0.25) is 0 Å². The standard InChI is InChI=1S/C17H24BrNO2/c1-12(2)10-11-19(13-6-3-4-7-13)15-9-5-8-14(18)16(15)17(20)21/h5,8-9,12-13H,3-4,6-7,10-11H2,1-2H3,(H,20,21). The number of aromatic carboxylic acids is 1. The van der Waals surface area contributed by atoms with Crippen LogP contribution in [-0.4, -0.2) is 23.7 Å². The molecule has 2 rings (SSSR count). The molecule has 0 aromatic heterocycles. The highest BCUT2D eigenvalue weighted by Crippen LogP contribution is 2.34. The topological polar surface area (TPSA) is 40.5 Å². The minimum Gasteiger partial charge on any atom is -0.478 e. The number of nitrogens with zero attached hydrogens (tertiary/aromatic N) is 1. The third-order valence-electron chi connectivity index (χ3n) is 4.23. The highest BCUT2D eigenvalue weighted by Gasteiger charge is 2.27. The largest absolute Gasteiger partial charge is 0.478 e. The number of carbonyl (C=O) groups is 1. The first kappa shape index (κ1) is 16.3. The second-order valence-corrected chi connectivity index (χ2v) is 7.11. The fourth-order valence-corrected chi connectivity index (χ4v) is 3.60. The SMILES string of the molecule is CC(C)CCN(c1cccc(Br)c1C(=O)O)C1CCCC1. The monoisotopic (exact) mass is 353 g/mol. The van der Waals surface area contributed by atoms with Gasteiger partial charge in [-0.25, -0.2) is 4.79 Å². The van der Waals surface area contributed by atoms with Crippen LogP contribution < -0.4 is 4.90 Å². The van der Waals surface area contributed by atoms with Crippen molar-refractivity contribution in [2.45, 2.75) is 52.0 Å². The van der Waals surface area contributed by atoms with E-state index in [0.717, 1.165) is 18.7 Å². The molecule has 21 heavy (non-hydrogen) atoms. The Morgan fingerprint density at radius 2 is 2.05 bits per heavy atom. The highest BCUT2D eigenvalue weighted by molar-refractivity contribution is 9.10. The van der Waals surface area contributed by atoms with Gasteiger partial charge in [0, 0.05) is 17.1 Å². The number of hydrogen-bond acceptors (Lipinski definition) is 2. The number of rotatable bonds is 6. The molecule has 0 saturated heterocycles. The Kier molecular flexibility index (Phi) is 5.68. The number of carboxylic acid groups (broad SMARTS) is 1. The predicted molar refractivity (Wildman–Crippen MR) is 90.2 cm³/mol. The first-order valence-electron chi connectivity index (χ1n) is 7.79. The maximum Gasteiger partial charge on any atom is 0.338 e. The van der Waals surface area contributed by atoms with Crippen LogP contribution in [0, 0.1) is 5.92 Å². The zero-order chi connectivity index (χ0) is 15.4. The van der Waals surface area contributed by atoms with Gasteiger partial charge in [-0.1, -0.05) is 32.8 Å². The van der Waals surface area contributed by atoms with Crippen LogP contribution in [0.2, 0.25) is 0 Å². The summed E-state index contributed by atoms with van der Waals surface area (Å²) in [6, 6.07) is 6.18. The normalized spacial score (nSPS) is 15.6. The first-order valence-corrected chi connectivity index (χ1v) is 8.58. The number of halogens is 1. The van der Waals surface area contributed by atoms with E-state index >= 15 is 0 Å². The van der Waals surface area contributed by atoms with Crippen molar-refractivity contribution in [1.29, 1.82) is 0 Å². The summed E-state index contributed by atoms with van der Waals surface area (Å²) in [4.78, 5) is 14.0. The van der Waals surface area contributed by atoms with Gasteiger partial charge < -0.3 is 10.0 Å². The molecule has 116 valence electrons. The fraction of sp³-hybridized carbons (Fsp3) is 0.588.